The number of rotatable bonds is 4. The van der Waals surface area contributed by atoms with E-state index in [4.69, 9.17) is 0 Å². The fraction of sp³-hybridized carbons (Fsp3) is 0.0476. The fourth-order valence-electron chi connectivity index (χ4n) is 2.70. The SMILES string of the molecule is O=C(NCc1csc(-c2ccccc2)n1)c1ccc2ccccc2c1. The van der Waals surface area contributed by atoms with Gasteiger partial charge < -0.3 is 5.32 Å². The molecule has 0 saturated carbocycles. The average molecular weight is 344 g/mol. The van der Waals surface area contributed by atoms with E-state index < -0.39 is 0 Å². The number of carbonyl (C=O) groups excluding carboxylic acids is 1. The molecule has 4 aromatic rings. The van der Waals surface area contributed by atoms with E-state index in [1.54, 1.807) is 11.3 Å². The Hall–Kier alpha value is -2.98. The Labute approximate surface area is 150 Å². The van der Waals surface area contributed by atoms with E-state index in [0.29, 0.717) is 12.1 Å². The molecule has 0 aliphatic carbocycles. The second-order valence-corrected chi connectivity index (χ2v) is 6.61. The highest BCUT2D eigenvalue weighted by atomic mass is 32.1. The third-order valence-corrected chi connectivity index (χ3v) is 4.95. The number of hydrogen-bond donors (Lipinski definition) is 1. The lowest BCUT2D eigenvalue weighted by molar-refractivity contribution is 0.0950. The number of nitrogens with zero attached hydrogens (tertiary/aromatic N) is 1. The zero-order valence-corrected chi connectivity index (χ0v) is 14.3. The van der Waals surface area contributed by atoms with Crippen molar-refractivity contribution in [3.05, 3.63) is 89.4 Å². The monoisotopic (exact) mass is 344 g/mol. The highest BCUT2D eigenvalue weighted by molar-refractivity contribution is 7.13. The van der Waals surface area contributed by atoms with E-state index in [1.807, 2.05) is 78.2 Å². The van der Waals surface area contributed by atoms with Gasteiger partial charge in [-0.15, -0.1) is 11.3 Å². The molecule has 1 aromatic heterocycles. The molecule has 4 rings (SSSR count). The van der Waals surface area contributed by atoms with E-state index in [-0.39, 0.29) is 5.91 Å². The smallest absolute Gasteiger partial charge is 0.251 e. The summed E-state index contributed by atoms with van der Waals surface area (Å²) < 4.78 is 0. The predicted molar refractivity (Wildman–Crippen MR) is 103 cm³/mol. The van der Waals surface area contributed by atoms with E-state index in [2.05, 4.69) is 10.3 Å². The number of hydrogen-bond acceptors (Lipinski definition) is 3. The van der Waals surface area contributed by atoms with Gasteiger partial charge in [-0.25, -0.2) is 4.98 Å². The van der Waals surface area contributed by atoms with Crippen LogP contribution in [0.3, 0.4) is 0 Å². The van der Waals surface area contributed by atoms with Gasteiger partial charge in [0.05, 0.1) is 12.2 Å². The zero-order chi connectivity index (χ0) is 17.1. The molecule has 0 bridgehead atoms. The normalized spacial score (nSPS) is 10.7. The first kappa shape index (κ1) is 15.5. The molecule has 4 heteroatoms. The highest BCUT2D eigenvalue weighted by Gasteiger charge is 2.08. The Morgan fingerprint density at radius 3 is 2.52 bits per heavy atom. The molecule has 1 amide bonds. The first-order chi connectivity index (χ1) is 12.3. The van der Waals surface area contributed by atoms with Gasteiger partial charge >= 0.3 is 0 Å². The standard InChI is InChI=1S/C21H16N2OS/c24-20(18-11-10-15-6-4-5-9-17(15)12-18)22-13-19-14-25-21(23-19)16-7-2-1-3-8-16/h1-12,14H,13H2,(H,22,24). The Balaban J connectivity index is 1.45. The molecule has 0 atom stereocenters. The van der Waals surface area contributed by atoms with Crippen molar-refractivity contribution in [2.45, 2.75) is 6.54 Å². The minimum Gasteiger partial charge on any atom is -0.346 e. The first-order valence-corrected chi connectivity index (χ1v) is 8.94. The Bertz CT molecular complexity index is 1020. The van der Waals surface area contributed by atoms with Crippen LogP contribution in [-0.2, 0) is 6.54 Å². The van der Waals surface area contributed by atoms with Crippen molar-refractivity contribution >= 4 is 28.0 Å². The van der Waals surface area contributed by atoms with Crippen molar-refractivity contribution in [2.24, 2.45) is 0 Å². The van der Waals surface area contributed by atoms with Crippen LogP contribution in [0.25, 0.3) is 21.3 Å². The predicted octanol–water partition coefficient (Wildman–Crippen LogP) is 4.89. The first-order valence-electron chi connectivity index (χ1n) is 8.06. The van der Waals surface area contributed by atoms with Gasteiger partial charge in [0.15, 0.2) is 0 Å². The lowest BCUT2D eigenvalue weighted by Crippen LogP contribution is -2.22. The molecule has 0 unspecified atom stereocenters. The Kier molecular flexibility index (Phi) is 4.27. The summed E-state index contributed by atoms with van der Waals surface area (Å²) in [5, 5.41) is 8.10. The molecular weight excluding hydrogens is 328 g/mol. The van der Waals surface area contributed by atoms with Crippen molar-refractivity contribution in [3.8, 4) is 10.6 Å². The maximum Gasteiger partial charge on any atom is 0.251 e. The van der Waals surface area contributed by atoms with Crippen molar-refractivity contribution in [1.29, 1.82) is 0 Å². The minimum absolute atomic E-state index is 0.0833. The van der Waals surface area contributed by atoms with Gasteiger partial charge in [0.2, 0.25) is 0 Å². The fourth-order valence-corrected chi connectivity index (χ4v) is 3.53. The third-order valence-electron chi connectivity index (χ3n) is 4.01. The summed E-state index contributed by atoms with van der Waals surface area (Å²) in [6.45, 7) is 0.426. The van der Waals surface area contributed by atoms with E-state index >= 15 is 0 Å². The van der Waals surface area contributed by atoms with Crippen LogP contribution in [0.15, 0.2) is 78.2 Å². The minimum atomic E-state index is -0.0833. The molecule has 3 nitrogen and oxygen atoms in total. The van der Waals surface area contributed by atoms with Crippen molar-refractivity contribution < 1.29 is 4.79 Å². The van der Waals surface area contributed by atoms with Crippen molar-refractivity contribution in [1.82, 2.24) is 10.3 Å². The summed E-state index contributed by atoms with van der Waals surface area (Å²) in [6.07, 6.45) is 0. The molecule has 0 radical (unpaired) electrons. The molecule has 3 aromatic carbocycles. The van der Waals surface area contributed by atoms with Gasteiger partial charge in [-0.1, -0.05) is 60.7 Å². The molecule has 1 heterocycles. The van der Waals surface area contributed by atoms with Crippen LogP contribution < -0.4 is 5.32 Å². The molecule has 122 valence electrons. The van der Waals surface area contributed by atoms with Crippen LogP contribution in [0.5, 0.6) is 0 Å². The number of thiazole rings is 1. The Morgan fingerprint density at radius 1 is 0.920 bits per heavy atom. The van der Waals surface area contributed by atoms with E-state index in [1.165, 1.54) is 0 Å². The zero-order valence-electron chi connectivity index (χ0n) is 13.5. The summed E-state index contributed by atoms with van der Waals surface area (Å²) in [5.74, 6) is -0.0833. The largest absolute Gasteiger partial charge is 0.346 e. The summed E-state index contributed by atoms with van der Waals surface area (Å²) in [6, 6.07) is 23.8. The molecular formula is C21H16N2OS. The third kappa shape index (κ3) is 3.44. The number of amides is 1. The van der Waals surface area contributed by atoms with Gasteiger partial charge in [-0.2, -0.15) is 0 Å². The van der Waals surface area contributed by atoms with Gasteiger partial charge in [-0.05, 0) is 22.9 Å². The second kappa shape index (κ2) is 6.87. The van der Waals surface area contributed by atoms with Crippen molar-refractivity contribution in [2.75, 3.05) is 0 Å². The van der Waals surface area contributed by atoms with Crippen LogP contribution in [0.4, 0.5) is 0 Å². The summed E-state index contributed by atoms with van der Waals surface area (Å²) in [4.78, 5) is 17.0. The van der Waals surface area contributed by atoms with Gasteiger partial charge in [0, 0.05) is 16.5 Å². The maximum absolute atomic E-state index is 12.4. The van der Waals surface area contributed by atoms with Gasteiger partial charge in [-0.3, -0.25) is 4.79 Å². The van der Waals surface area contributed by atoms with Gasteiger partial charge in [0.25, 0.3) is 5.91 Å². The van der Waals surface area contributed by atoms with Gasteiger partial charge in [0.1, 0.15) is 5.01 Å². The summed E-state index contributed by atoms with van der Waals surface area (Å²) in [5.41, 5.74) is 2.63. The maximum atomic E-state index is 12.4. The molecule has 25 heavy (non-hydrogen) atoms. The van der Waals surface area contributed by atoms with Crippen LogP contribution in [-0.4, -0.2) is 10.9 Å². The van der Waals surface area contributed by atoms with Crippen LogP contribution in [0.1, 0.15) is 16.1 Å². The number of aromatic nitrogens is 1. The number of benzene rings is 3. The molecule has 0 aliphatic rings. The van der Waals surface area contributed by atoms with Crippen LogP contribution in [0, 0.1) is 0 Å². The quantitative estimate of drug-likeness (QED) is 0.572. The Morgan fingerprint density at radius 2 is 1.68 bits per heavy atom. The number of nitrogens with one attached hydrogen (secondary N) is 1. The number of carbonyl (C=O) groups is 1. The summed E-state index contributed by atoms with van der Waals surface area (Å²) >= 11 is 1.59. The molecule has 0 saturated heterocycles. The summed E-state index contributed by atoms with van der Waals surface area (Å²) in [7, 11) is 0. The highest BCUT2D eigenvalue weighted by Crippen LogP contribution is 2.23. The molecule has 0 spiro atoms. The lowest BCUT2D eigenvalue weighted by Gasteiger charge is -2.05. The van der Waals surface area contributed by atoms with Crippen molar-refractivity contribution in [3.63, 3.8) is 0 Å². The second-order valence-electron chi connectivity index (χ2n) is 5.75. The molecule has 0 aliphatic heterocycles. The molecule has 1 N–H and O–H groups in total. The van der Waals surface area contributed by atoms with Crippen LogP contribution in [0.2, 0.25) is 0 Å². The van der Waals surface area contributed by atoms with E-state index in [9.17, 15) is 4.79 Å². The average Bonchev–Trinajstić information content (AvgIpc) is 3.15. The lowest BCUT2D eigenvalue weighted by atomic mass is 10.1. The topological polar surface area (TPSA) is 42.0 Å². The molecule has 0 fully saturated rings. The number of fused-ring (bicyclic) bond motifs is 1. The van der Waals surface area contributed by atoms with E-state index in [0.717, 1.165) is 27.0 Å². The van der Waals surface area contributed by atoms with Crippen LogP contribution >= 0.6 is 11.3 Å².